The first-order valence-electron chi connectivity index (χ1n) is 8.79. The SMILES string of the molecule is CCCC[C@@H](CC)C(=O)N1CCS[C@H]1c1cc(OC)cc(OC)c1. The third-order valence-electron chi connectivity index (χ3n) is 4.58. The minimum absolute atomic E-state index is 0.0529. The van der Waals surface area contributed by atoms with Crippen LogP contribution in [0.5, 0.6) is 11.5 Å². The van der Waals surface area contributed by atoms with Crippen molar-refractivity contribution < 1.29 is 14.3 Å². The fraction of sp³-hybridized carbons (Fsp3) is 0.632. The zero-order valence-corrected chi connectivity index (χ0v) is 16.0. The second kappa shape index (κ2) is 9.21. The normalized spacial score (nSPS) is 18.5. The number of nitrogens with zero attached hydrogens (tertiary/aromatic N) is 1. The summed E-state index contributed by atoms with van der Waals surface area (Å²) in [6, 6.07) is 5.89. The molecule has 0 aliphatic carbocycles. The Kier molecular flexibility index (Phi) is 7.28. The molecular formula is C19H29NO3S. The minimum atomic E-state index is 0.0529. The highest BCUT2D eigenvalue weighted by Crippen LogP contribution is 2.41. The molecule has 1 aliphatic rings. The smallest absolute Gasteiger partial charge is 0.226 e. The number of carbonyl (C=O) groups excluding carboxylic acids is 1. The molecule has 1 aliphatic heterocycles. The second-order valence-corrected chi connectivity index (χ2v) is 7.34. The Balaban J connectivity index is 2.22. The average molecular weight is 352 g/mol. The molecule has 5 heteroatoms. The zero-order valence-electron chi connectivity index (χ0n) is 15.2. The molecule has 24 heavy (non-hydrogen) atoms. The molecule has 1 aromatic carbocycles. The van der Waals surface area contributed by atoms with Crippen molar-refractivity contribution in [3.8, 4) is 11.5 Å². The zero-order chi connectivity index (χ0) is 17.5. The lowest BCUT2D eigenvalue weighted by Crippen LogP contribution is -2.35. The van der Waals surface area contributed by atoms with Crippen LogP contribution in [0.1, 0.15) is 50.5 Å². The third kappa shape index (κ3) is 4.38. The van der Waals surface area contributed by atoms with Crippen LogP contribution in [0.25, 0.3) is 0 Å². The number of rotatable bonds is 8. The molecule has 0 bridgehead atoms. The Hall–Kier alpha value is -1.36. The van der Waals surface area contributed by atoms with Crippen LogP contribution in [0.2, 0.25) is 0 Å². The van der Waals surface area contributed by atoms with E-state index in [2.05, 4.69) is 13.8 Å². The fourth-order valence-corrected chi connectivity index (χ4v) is 4.37. The fourth-order valence-electron chi connectivity index (χ4n) is 3.13. The summed E-state index contributed by atoms with van der Waals surface area (Å²) >= 11 is 1.82. The van der Waals surface area contributed by atoms with Crippen molar-refractivity contribution in [2.24, 2.45) is 5.92 Å². The van der Waals surface area contributed by atoms with Gasteiger partial charge in [0.1, 0.15) is 16.9 Å². The van der Waals surface area contributed by atoms with E-state index < -0.39 is 0 Å². The molecule has 0 spiro atoms. The van der Waals surface area contributed by atoms with E-state index in [1.165, 1.54) is 0 Å². The molecule has 1 aromatic rings. The summed E-state index contributed by atoms with van der Waals surface area (Å²) in [6.45, 7) is 5.11. The van der Waals surface area contributed by atoms with Crippen molar-refractivity contribution in [2.75, 3.05) is 26.5 Å². The van der Waals surface area contributed by atoms with Gasteiger partial charge in [0, 0.05) is 24.3 Å². The topological polar surface area (TPSA) is 38.8 Å². The van der Waals surface area contributed by atoms with Crippen molar-refractivity contribution in [2.45, 2.75) is 44.9 Å². The van der Waals surface area contributed by atoms with E-state index in [0.717, 1.165) is 55.0 Å². The predicted molar refractivity (Wildman–Crippen MR) is 99.8 cm³/mol. The maximum absolute atomic E-state index is 13.0. The number of hydrogen-bond acceptors (Lipinski definition) is 4. The first-order valence-corrected chi connectivity index (χ1v) is 9.84. The van der Waals surface area contributed by atoms with Crippen molar-refractivity contribution in [3.63, 3.8) is 0 Å². The van der Waals surface area contributed by atoms with Crippen LogP contribution in [-0.4, -0.2) is 37.3 Å². The van der Waals surface area contributed by atoms with Gasteiger partial charge >= 0.3 is 0 Å². The summed E-state index contributed by atoms with van der Waals surface area (Å²) < 4.78 is 10.8. The van der Waals surface area contributed by atoms with Gasteiger partial charge in [-0.2, -0.15) is 0 Å². The molecule has 0 N–H and O–H groups in total. The van der Waals surface area contributed by atoms with Crippen LogP contribution in [0.4, 0.5) is 0 Å². The molecular weight excluding hydrogens is 322 g/mol. The van der Waals surface area contributed by atoms with Gasteiger partial charge in [0.05, 0.1) is 14.2 Å². The van der Waals surface area contributed by atoms with Crippen LogP contribution in [0.15, 0.2) is 18.2 Å². The molecule has 1 saturated heterocycles. The molecule has 0 unspecified atom stereocenters. The van der Waals surface area contributed by atoms with Crippen molar-refractivity contribution in [1.29, 1.82) is 0 Å². The van der Waals surface area contributed by atoms with Gasteiger partial charge in [-0.15, -0.1) is 11.8 Å². The van der Waals surface area contributed by atoms with Gasteiger partial charge < -0.3 is 14.4 Å². The predicted octanol–water partition coefficient (Wildman–Crippen LogP) is 4.49. The molecule has 0 aromatic heterocycles. The largest absolute Gasteiger partial charge is 0.497 e. The highest BCUT2D eigenvalue weighted by Gasteiger charge is 2.34. The summed E-state index contributed by atoms with van der Waals surface area (Å²) in [6.07, 6.45) is 4.15. The monoisotopic (exact) mass is 351 g/mol. The number of carbonyl (C=O) groups is 1. The standard InChI is InChI=1S/C19H29NO3S/c1-5-7-8-14(6-2)18(21)20-9-10-24-19(20)15-11-16(22-3)13-17(12-15)23-4/h11-14,19H,5-10H2,1-4H3/t14-,19+/m1/s1. The molecule has 1 heterocycles. The number of ether oxygens (including phenoxy) is 2. The number of thioether (sulfide) groups is 1. The summed E-state index contributed by atoms with van der Waals surface area (Å²) in [5.41, 5.74) is 1.08. The van der Waals surface area contributed by atoms with Gasteiger partial charge in [-0.3, -0.25) is 4.79 Å². The maximum atomic E-state index is 13.0. The van der Waals surface area contributed by atoms with Crippen LogP contribution >= 0.6 is 11.8 Å². The summed E-state index contributed by atoms with van der Waals surface area (Å²) in [5, 5.41) is 0.0529. The van der Waals surface area contributed by atoms with Gasteiger partial charge in [0.15, 0.2) is 0 Å². The van der Waals surface area contributed by atoms with Gasteiger partial charge in [0.2, 0.25) is 5.91 Å². The van der Waals surface area contributed by atoms with E-state index in [9.17, 15) is 4.79 Å². The molecule has 134 valence electrons. The lowest BCUT2D eigenvalue weighted by molar-refractivity contribution is -0.136. The Labute approximate surface area is 149 Å². The Morgan fingerprint density at radius 2 is 1.92 bits per heavy atom. The quantitative estimate of drug-likeness (QED) is 0.691. The van der Waals surface area contributed by atoms with Crippen LogP contribution in [0, 0.1) is 5.92 Å². The van der Waals surface area contributed by atoms with Gasteiger partial charge in [-0.25, -0.2) is 0 Å². The van der Waals surface area contributed by atoms with E-state index >= 15 is 0 Å². The third-order valence-corrected chi connectivity index (χ3v) is 5.84. The summed E-state index contributed by atoms with van der Waals surface area (Å²) in [7, 11) is 3.31. The van der Waals surface area contributed by atoms with E-state index in [0.29, 0.717) is 5.91 Å². The molecule has 2 atom stereocenters. The van der Waals surface area contributed by atoms with E-state index in [4.69, 9.17) is 9.47 Å². The van der Waals surface area contributed by atoms with Crippen molar-refractivity contribution in [3.05, 3.63) is 23.8 Å². The lowest BCUT2D eigenvalue weighted by atomic mass is 9.97. The Morgan fingerprint density at radius 3 is 2.46 bits per heavy atom. The summed E-state index contributed by atoms with van der Waals surface area (Å²) in [5.74, 6) is 2.94. The van der Waals surface area contributed by atoms with E-state index in [1.807, 2.05) is 34.9 Å². The van der Waals surface area contributed by atoms with Crippen molar-refractivity contribution >= 4 is 17.7 Å². The van der Waals surface area contributed by atoms with E-state index in [1.54, 1.807) is 14.2 Å². The molecule has 1 amide bonds. The van der Waals surface area contributed by atoms with Gasteiger partial charge in [-0.05, 0) is 30.5 Å². The van der Waals surface area contributed by atoms with Crippen LogP contribution in [-0.2, 0) is 4.79 Å². The lowest BCUT2D eigenvalue weighted by Gasteiger charge is -2.28. The Bertz CT molecular complexity index is 527. The molecule has 2 rings (SSSR count). The summed E-state index contributed by atoms with van der Waals surface area (Å²) in [4.78, 5) is 15.1. The second-order valence-electron chi connectivity index (χ2n) is 6.15. The van der Waals surface area contributed by atoms with E-state index in [-0.39, 0.29) is 11.3 Å². The first-order chi connectivity index (χ1) is 11.6. The molecule has 0 radical (unpaired) electrons. The molecule has 4 nitrogen and oxygen atoms in total. The number of hydrogen-bond donors (Lipinski definition) is 0. The minimum Gasteiger partial charge on any atom is -0.497 e. The van der Waals surface area contributed by atoms with Crippen LogP contribution in [0.3, 0.4) is 0 Å². The van der Waals surface area contributed by atoms with Gasteiger partial charge in [-0.1, -0.05) is 26.7 Å². The number of benzene rings is 1. The van der Waals surface area contributed by atoms with Crippen molar-refractivity contribution in [1.82, 2.24) is 4.90 Å². The maximum Gasteiger partial charge on any atom is 0.226 e. The number of unbranched alkanes of at least 4 members (excludes halogenated alkanes) is 1. The highest BCUT2D eigenvalue weighted by molar-refractivity contribution is 7.99. The number of methoxy groups -OCH3 is 2. The molecule has 1 fully saturated rings. The van der Waals surface area contributed by atoms with Gasteiger partial charge in [0.25, 0.3) is 0 Å². The van der Waals surface area contributed by atoms with Crippen LogP contribution < -0.4 is 9.47 Å². The first kappa shape index (κ1) is 19.0. The number of amides is 1. The Morgan fingerprint density at radius 1 is 1.25 bits per heavy atom. The average Bonchev–Trinajstić information content (AvgIpc) is 3.11. The highest BCUT2D eigenvalue weighted by atomic mass is 32.2. The molecule has 0 saturated carbocycles.